The average molecular weight is 200 g/mol. The van der Waals surface area contributed by atoms with Crippen molar-refractivity contribution in [3.8, 4) is 5.88 Å². The van der Waals surface area contributed by atoms with E-state index in [9.17, 15) is 9.18 Å². The van der Waals surface area contributed by atoms with E-state index in [1.165, 1.54) is 14.2 Å². The molecule has 1 aromatic rings. The van der Waals surface area contributed by atoms with Gasteiger partial charge in [-0.2, -0.15) is 4.98 Å². The zero-order valence-corrected chi connectivity index (χ0v) is 7.67. The molecule has 0 atom stereocenters. The summed E-state index contributed by atoms with van der Waals surface area (Å²) < 4.78 is 17.3. The molecule has 0 fully saturated rings. The van der Waals surface area contributed by atoms with Crippen molar-refractivity contribution in [2.24, 2.45) is 0 Å². The van der Waals surface area contributed by atoms with Crippen LogP contribution in [0.25, 0.3) is 0 Å². The molecule has 1 aromatic heterocycles. The molecule has 5 nitrogen and oxygen atoms in total. The Morgan fingerprint density at radius 1 is 1.71 bits per heavy atom. The van der Waals surface area contributed by atoms with Crippen molar-refractivity contribution < 1.29 is 19.0 Å². The zero-order valence-electron chi connectivity index (χ0n) is 7.67. The van der Waals surface area contributed by atoms with Crippen LogP contribution in [-0.2, 0) is 4.74 Å². The molecule has 0 aliphatic heterocycles. The van der Waals surface area contributed by atoms with Crippen LogP contribution in [0.5, 0.6) is 5.88 Å². The maximum absolute atomic E-state index is 12.8. The molecule has 0 amide bonds. The number of carbonyl (C=O) groups excluding carboxylic acids is 1. The predicted octanol–water partition coefficient (Wildman–Crippen LogP) is 0.755. The summed E-state index contributed by atoms with van der Waals surface area (Å²) in [6, 6.07) is 0.861. The third kappa shape index (κ3) is 1.73. The fraction of sp³-hybridized carbons (Fsp3) is 0.250. The van der Waals surface area contributed by atoms with Crippen molar-refractivity contribution in [2.75, 3.05) is 19.5 Å². The zero-order chi connectivity index (χ0) is 10.7. The molecule has 0 saturated carbocycles. The molecule has 14 heavy (non-hydrogen) atoms. The number of ether oxygens (including phenoxy) is 1. The number of anilines is 1. The number of halogens is 1. The number of esters is 1. The fourth-order valence-corrected chi connectivity index (χ4v) is 0.935. The highest BCUT2D eigenvalue weighted by Gasteiger charge is 2.16. The van der Waals surface area contributed by atoms with E-state index in [-0.39, 0.29) is 11.4 Å². The SMILES string of the molecule is CNc1nc(O)c(F)cc1C(=O)OC. The Labute approximate surface area is 79.5 Å². The van der Waals surface area contributed by atoms with E-state index in [0.717, 1.165) is 6.07 Å². The first-order valence-corrected chi connectivity index (χ1v) is 3.75. The Morgan fingerprint density at radius 3 is 2.86 bits per heavy atom. The van der Waals surface area contributed by atoms with E-state index < -0.39 is 17.7 Å². The minimum Gasteiger partial charge on any atom is -0.491 e. The molecule has 1 heterocycles. The van der Waals surface area contributed by atoms with Gasteiger partial charge in [0.15, 0.2) is 5.82 Å². The van der Waals surface area contributed by atoms with Gasteiger partial charge in [-0.05, 0) is 6.07 Å². The molecule has 0 radical (unpaired) electrons. The van der Waals surface area contributed by atoms with Gasteiger partial charge < -0.3 is 15.2 Å². The van der Waals surface area contributed by atoms with E-state index in [1.54, 1.807) is 0 Å². The molecule has 2 N–H and O–H groups in total. The maximum Gasteiger partial charge on any atom is 0.341 e. The smallest absolute Gasteiger partial charge is 0.341 e. The van der Waals surface area contributed by atoms with E-state index in [1.807, 2.05) is 0 Å². The van der Waals surface area contributed by atoms with Gasteiger partial charge in [0.25, 0.3) is 0 Å². The van der Waals surface area contributed by atoms with Crippen molar-refractivity contribution >= 4 is 11.8 Å². The van der Waals surface area contributed by atoms with Crippen LogP contribution in [0.2, 0.25) is 0 Å². The summed E-state index contributed by atoms with van der Waals surface area (Å²) in [5.74, 6) is -2.39. The Balaban J connectivity index is 3.27. The number of pyridine rings is 1. The average Bonchev–Trinajstić information content (AvgIpc) is 2.20. The van der Waals surface area contributed by atoms with Crippen molar-refractivity contribution in [2.45, 2.75) is 0 Å². The minimum absolute atomic E-state index is 0.0645. The normalized spacial score (nSPS) is 9.64. The number of nitrogens with zero attached hydrogens (tertiary/aromatic N) is 1. The Morgan fingerprint density at radius 2 is 2.36 bits per heavy atom. The largest absolute Gasteiger partial charge is 0.491 e. The molecule has 0 aliphatic carbocycles. The lowest BCUT2D eigenvalue weighted by molar-refractivity contribution is 0.0601. The van der Waals surface area contributed by atoms with Crippen LogP contribution in [-0.4, -0.2) is 30.2 Å². The molecule has 1 rings (SSSR count). The molecule has 0 unspecified atom stereocenters. The second kappa shape index (κ2) is 3.91. The Bertz CT molecular complexity index is 368. The van der Waals surface area contributed by atoms with Crippen LogP contribution in [0.3, 0.4) is 0 Å². The minimum atomic E-state index is -0.968. The second-order valence-electron chi connectivity index (χ2n) is 2.43. The maximum atomic E-state index is 12.8. The third-order valence-electron chi connectivity index (χ3n) is 1.60. The summed E-state index contributed by atoms with van der Waals surface area (Å²) in [7, 11) is 2.67. The van der Waals surface area contributed by atoms with Crippen molar-refractivity contribution in [3.63, 3.8) is 0 Å². The third-order valence-corrected chi connectivity index (χ3v) is 1.60. The number of hydrogen-bond donors (Lipinski definition) is 2. The summed E-state index contributed by atoms with van der Waals surface area (Å²) in [5.41, 5.74) is -0.0645. The van der Waals surface area contributed by atoms with Gasteiger partial charge >= 0.3 is 5.97 Å². The van der Waals surface area contributed by atoms with E-state index in [0.29, 0.717) is 0 Å². The van der Waals surface area contributed by atoms with Gasteiger partial charge in [0.1, 0.15) is 11.4 Å². The molecular weight excluding hydrogens is 191 g/mol. The van der Waals surface area contributed by atoms with Gasteiger partial charge in [-0.3, -0.25) is 0 Å². The Kier molecular flexibility index (Phi) is 2.85. The van der Waals surface area contributed by atoms with Crippen LogP contribution < -0.4 is 5.32 Å². The van der Waals surface area contributed by atoms with Crippen LogP contribution in [0.1, 0.15) is 10.4 Å². The monoisotopic (exact) mass is 200 g/mol. The van der Waals surface area contributed by atoms with E-state index in [2.05, 4.69) is 15.0 Å². The summed E-state index contributed by atoms with van der Waals surface area (Å²) in [6.45, 7) is 0. The second-order valence-corrected chi connectivity index (χ2v) is 2.43. The lowest BCUT2D eigenvalue weighted by Gasteiger charge is -2.06. The standard InChI is InChI=1S/C8H9FN2O3/c1-10-6-4(8(13)14-2)3-5(9)7(12)11-6/h3H,1-2H3,(H2,10,11,12). The van der Waals surface area contributed by atoms with Crippen LogP contribution >= 0.6 is 0 Å². The fourth-order valence-electron chi connectivity index (χ4n) is 0.935. The van der Waals surface area contributed by atoms with E-state index >= 15 is 0 Å². The highest BCUT2D eigenvalue weighted by Crippen LogP contribution is 2.20. The van der Waals surface area contributed by atoms with Crippen molar-refractivity contribution in [3.05, 3.63) is 17.4 Å². The van der Waals surface area contributed by atoms with Gasteiger partial charge in [0.05, 0.1) is 7.11 Å². The summed E-state index contributed by atoms with van der Waals surface area (Å²) >= 11 is 0. The van der Waals surface area contributed by atoms with Crippen LogP contribution in [0.15, 0.2) is 6.07 Å². The molecule has 0 bridgehead atoms. The van der Waals surface area contributed by atoms with Gasteiger partial charge in [-0.15, -0.1) is 0 Å². The first-order valence-electron chi connectivity index (χ1n) is 3.75. The lowest BCUT2D eigenvalue weighted by Crippen LogP contribution is -2.08. The number of methoxy groups -OCH3 is 1. The molecule has 76 valence electrons. The molecule has 0 aromatic carbocycles. The highest BCUT2D eigenvalue weighted by molar-refractivity contribution is 5.94. The van der Waals surface area contributed by atoms with Crippen molar-refractivity contribution in [1.29, 1.82) is 0 Å². The topological polar surface area (TPSA) is 71.5 Å². The molecule has 6 heteroatoms. The van der Waals surface area contributed by atoms with Gasteiger partial charge in [0, 0.05) is 7.05 Å². The first kappa shape index (κ1) is 10.2. The summed E-state index contributed by atoms with van der Waals surface area (Å²) in [4.78, 5) is 14.5. The number of aromatic nitrogens is 1. The predicted molar refractivity (Wildman–Crippen MR) is 46.7 cm³/mol. The molecule has 0 aliphatic rings. The molecule has 0 spiro atoms. The number of carbonyl (C=O) groups is 1. The summed E-state index contributed by atoms with van der Waals surface area (Å²) in [6.07, 6.45) is 0. The number of aromatic hydroxyl groups is 1. The number of rotatable bonds is 2. The molecule has 0 saturated heterocycles. The van der Waals surface area contributed by atoms with Crippen LogP contribution in [0, 0.1) is 5.82 Å². The number of hydrogen-bond acceptors (Lipinski definition) is 5. The summed E-state index contributed by atoms with van der Waals surface area (Å²) in [5, 5.41) is 11.5. The highest BCUT2D eigenvalue weighted by atomic mass is 19.1. The quantitative estimate of drug-likeness (QED) is 0.689. The van der Waals surface area contributed by atoms with Crippen LogP contribution in [0.4, 0.5) is 10.2 Å². The number of nitrogens with one attached hydrogen (secondary N) is 1. The van der Waals surface area contributed by atoms with E-state index in [4.69, 9.17) is 5.11 Å². The Hall–Kier alpha value is -1.85. The van der Waals surface area contributed by atoms with Gasteiger partial charge in [0.2, 0.25) is 5.88 Å². The molecular formula is C8H9FN2O3. The van der Waals surface area contributed by atoms with Gasteiger partial charge in [-0.25, -0.2) is 9.18 Å². The first-order chi connectivity index (χ1) is 6.60. The van der Waals surface area contributed by atoms with Gasteiger partial charge in [-0.1, -0.05) is 0 Å². The van der Waals surface area contributed by atoms with Crippen molar-refractivity contribution in [1.82, 2.24) is 4.98 Å². The lowest BCUT2D eigenvalue weighted by atomic mass is 10.2.